The van der Waals surface area contributed by atoms with Crippen molar-refractivity contribution in [3.63, 3.8) is 0 Å². The predicted molar refractivity (Wildman–Crippen MR) is 87.6 cm³/mol. The molecule has 0 aliphatic carbocycles. The quantitative estimate of drug-likeness (QED) is 0.751. The van der Waals surface area contributed by atoms with Crippen molar-refractivity contribution in [1.29, 1.82) is 5.26 Å². The zero-order chi connectivity index (χ0) is 16.2. The third-order valence-electron chi connectivity index (χ3n) is 3.30. The molecule has 0 bridgehead atoms. The molecule has 0 spiro atoms. The molecule has 1 N–H and O–H groups in total. The van der Waals surface area contributed by atoms with E-state index in [9.17, 15) is 10.1 Å². The molecule has 0 unspecified atom stereocenters. The molecule has 0 aliphatic heterocycles. The van der Waals surface area contributed by atoms with Crippen molar-refractivity contribution in [2.45, 2.75) is 6.92 Å². The number of aromatic nitrogens is 3. The van der Waals surface area contributed by atoms with E-state index >= 15 is 0 Å². The van der Waals surface area contributed by atoms with Gasteiger partial charge in [0.25, 0.3) is 5.56 Å². The summed E-state index contributed by atoms with van der Waals surface area (Å²) in [5, 5.41) is 12.1. The first-order chi connectivity index (χ1) is 11.2. The summed E-state index contributed by atoms with van der Waals surface area (Å²) < 4.78 is 1.45. The van der Waals surface area contributed by atoms with Crippen LogP contribution in [0.25, 0.3) is 11.2 Å². The largest absolute Gasteiger partial charge is 0.355 e. The molecule has 0 aliphatic rings. The van der Waals surface area contributed by atoms with Gasteiger partial charge >= 0.3 is 0 Å². The maximum absolute atomic E-state index is 12.4. The topological polar surface area (TPSA) is 83.1 Å². The second-order valence-electron chi connectivity index (χ2n) is 4.94. The number of anilines is 1. The van der Waals surface area contributed by atoms with Gasteiger partial charge in [0.15, 0.2) is 0 Å². The highest BCUT2D eigenvalue weighted by molar-refractivity contribution is 5.76. The minimum Gasteiger partial charge on any atom is -0.355 e. The summed E-state index contributed by atoms with van der Waals surface area (Å²) in [6.07, 6.45) is 6.20. The lowest BCUT2D eigenvalue weighted by Gasteiger charge is -2.05. The second-order valence-corrected chi connectivity index (χ2v) is 4.94. The van der Waals surface area contributed by atoms with E-state index in [-0.39, 0.29) is 11.2 Å². The normalized spacial score (nSPS) is 11.2. The van der Waals surface area contributed by atoms with Crippen LogP contribution in [0.5, 0.6) is 0 Å². The summed E-state index contributed by atoms with van der Waals surface area (Å²) >= 11 is 0. The molecule has 6 nitrogen and oxygen atoms in total. The van der Waals surface area contributed by atoms with Gasteiger partial charge in [-0.25, -0.2) is 4.98 Å². The molecule has 3 aromatic heterocycles. The predicted octanol–water partition coefficient (Wildman–Crippen LogP) is 2.37. The lowest BCUT2D eigenvalue weighted by Crippen LogP contribution is -2.18. The number of pyridine rings is 2. The van der Waals surface area contributed by atoms with Crippen molar-refractivity contribution in [3.8, 4) is 6.07 Å². The zero-order valence-corrected chi connectivity index (χ0v) is 12.4. The number of aryl methyl sites for hydroxylation is 1. The van der Waals surface area contributed by atoms with Gasteiger partial charge in [0.1, 0.15) is 17.4 Å². The first kappa shape index (κ1) is 14.5. The van der Waals surface area contributed by atoms with E-state index < -0.39 is 0 Å². The van der Waals surface area contributed by atoms with E-state index in [0.29, 0.717) is 16.9 Å². The number of nitriles is 1. The summed E-state index contributed by atoms with van der Waals surface area (Å²) in [4.78, 5) is 20.8. The molecular formula is C17H13N5O. The van der Waals surface area contributed by atoms with Crippen molar-refractivity contribution in [3.05, 3.63) is 76.7 Å². The van der Waals surface area contributed by atoms with Crippen molar-refractivity contribution < 1.29 is 0 Å². The molecule has 23 heavy (non-hydrogen) atoms. The maximum atomic E-state index is 12.4. The molecule has 6 heteroatoms. The van der Waals surface area contributed by atoms with Crippen LogP contribution >= 0.6 is 0 Å². The Hall–Kier alpha value is -3.46. The molecule has 3 heterocycles. The molecule has 0 aromatic carbocycles. The molecule has 0 radical (unpaired) electrons. The summed E-state index contributed by atoms with van der Waals surface area (Å²) in [7, 11) is 0. The highest BCUT2D eigenvalue weighted by atomic mass is 16.1. The van der Waals surface area contributed by atoms with Crippen LogP contribution < -0.4 is 10.9 Å². The van der Waals surface area contributed by atoms with Gasteiger partial charge in [-0.15, -0.1) is 0 Å². The highest BCUT2D eigenvalue weighted by Gasteiger charge is 2.05. The van der Waals surface area contributed by atoms with Gasteiger partial charge in [-0.05, 0) is 36.8 Å². The van der Waals surface area contributed by atoms with E-state index in [2.05, 4.69) is 21.4 Å². The Morgan fingerprint density at radius 2 is 2.22 bits per heavy atom. The number of fused-ring (bicyclic) bond motifs is 1. The lowest BCUT2D eigenvalue weighted by molar-refractivity contribution is 1.04. The Labute approximate surface area is 132 Å². The second kappa shape index (κ2) is 6.12. The summed E-state index contributed by atoms with van der Waals surface area (Å²) in [5.41, 5.74) is 2.53. The monoisotopic (exact) mass is 303 g/mol. The lowest BCUT2D eigenvalue weighted by atomic mass is 10.2. The SMILES string of the molecule is Cc1ccn2c(=O)c(N/C=C(/C#N)c3ccccn3)cnc2c1. The van der Waals surface area contributed by atoms with Crippen molar-refractivity contribution in [2.24, 2.45) is 0 Å². The Balaban J connectivity index is 1.97. The first-order valence-corrected chi connectivity index (χ1v) is 6.95. The molecule has 0 amide bonds. The summed E-state index contributed by atoms with van der Waals surface area (Å²) in [6.45, 7) is 1.94. The number of rotatable bonds is 3. The Bertz CT molecular complexity index is 983. The van der Waals surface area contributed by atoms with Crippen LogP contribution in [0.2, 0.25) is 0 Å². The number of nitrogens with zero attached hydrogens (tertiary/aromatic N) is 4. The van der Waals surface area contributed by atoms with Gasteiger partial charge in [0, 0.05) is 18.6 Å². The standard InChI is InChI=1S/C17H13N5O/c1-12-5-7-22-16(8-12)21-11-15(17(22)23)20-10-13(9-18)14-4-2-3-6-19-14/h2-8,10-11,20H,1H3/b13-10-. The molecular weight excluding hydrogens is 290 g/mol. The van der Waals surface area contributed by atoms with Crippen molar-refractivity contribution in [1.82, 2.24) is 14.4 Å². The Morgan fingerprint density at radius 3 is 2.96 bits per heavy atom. The average Bonchev–Trinajstić information content (AvgIpc) is 2.58. The smallest absolute Gasteiger partial charge is 0.281 e. The highest BCUT2D eigenvalue weighted by Crippen LogP contribution is 2.11. The van der Waals surface area contributed by atoms with Crippen LogP contribution in [0.15, 0.2) is 59.9 Å². The van der Waals surface area contributed by atoms with E-state index in [0.717, 1.165) is 5.56 Å². The van der Waals surface area contributed by atoms with Gasteiger partial charge in [-0.2, -0.15) is 5.26 Å². The molecule has 0 saturated heterocycles. The third kappa shape index (κ3) is 2.94. The number of hydrogen-bond acceptors (Lipinski definition) is 5. The fraction of sp³-hybridized carbons (Fsp3) is 0.0588. The van der Waals surface area contributed by atoms with Crippen LogP contribution in [0.4, 0.5) is 5.69 Å². The third-order valence-corrected chi connectivity index (χ3v) is 3.30. The first-order valence-electron chi connectivity index (χ1n) is 6.95. The summed E-state index contributed by atoms with van der Waals surface area (Å²) in [6, 6.07) is 11.0. The molecule has 3 aromatic rings. The van der Waals surface area contributed by atoms with Crippen LogP contribution in [0.1, 0.15) is 11.3 Å². The molecule has 0 saturated carbocycles. The molecule has 0 atom stereocenters. The number of hydrogen-bond donors (Lipinski definition) is 1. The molecule has 3 rings (SSSR count). The van der Waals surface area contributed by atoms with Gasteiger partial charge in [-0.3, -0.25) is 14.2 Å². The van der Waals surface area contributed by atoms with Gasteiger partial charge in [0.05, 0.1) is 17.5 Å². The summed E-state index contributed by atoms with van der Waals surface area (Å²) in [5.74, 6) is 0. The Morgan fingerprint density at radius 1 is 1.35 bits per heavy atom. The van der Waals surface area contributed by atoms with Crippen molar-refractivity contribution in [2.75, 3.05) is 5.32 Å². The van der Waals surface area contributed by atoms with E-state index in [1.807, 2.05) is 19.1 Å². The van der Waals surface area contributed by atoms with Gasteiger partial charge in [0.2, 0.25) is 0 Å². The van der Waals surface area contributed by atoms with Gasteiger partial charge in [-0.1, -0.05) is 6.07 Å². The minimum absolute atomic E-state index is 0.232. The molecule has 112 valence electrons. The number of allylic oxidation sites excluding steroid dienone is 1. The van der Waals surface area contributed by atoms with Crippen LogP contribution in [0, 0.1) is 18.3 Å². The van der Waals surface area contributed by atoms with Gasteiger partial charge < -0.3 is 5.32 Å². The van der Waals surface area contributed by atoms with E-state index in [1.54, 1.807) is 30.6 Å². The maximum Gasteiger partial charge on any atom is 0.281 e. The van der Waals surface area contributed by atoms with Crippen LogP contribution in [-0.2, 0) is 0 Å². The fourth-order valence-electron chi connectivity index (χ4n) is 2.11. The fourth-order valence-corrected chi connectivity index (χ4v) is 2.11. The molecule has 0 fully saturated rings. The zero-order valence-electron chi connectivity index (χ0n) is 12.4. The van der Waals surface area contributed by atoms with E-state index in [4.69, 9.17) is 0 Å². The van der Waals surface area contributed by atoms with Crippen LogP contribution in [-0.4, -0.2) is 14.4 Å². The number of nitrogens with one attached hydrogen (secondary N) is 1. The van der Waals surface area contributed by atoms with E-state index in [1.165, 1.54) is 16.8 Å². The van der Waals surface area contributed by atoms with Crippen molar-refractivity contribution >= 4 is 16.9 Å². The Kier molecular flexibility index (Phi) is 3.85. The average molecular weight is 303 g/mol. The minimum atomic E-state index is -0.232. The van der Waals surface area contributed by atoms with Crippen LogP contribution in [0.3, 0.4) is 0 Å².